The molecule has 0 aliphatic carbocycles. The minimum Gasteiger partial charge on any atom is -0.392 e. The molecule has 5 heteroatoms. The first-order valence-corrected chi connectivity index (χ1v) is 7.60. The predicted molar refractivity (Wildman–Crippen MR) is 78.9 cm³/mol. The van der Waals surface area contributed by atoms with Crippen LogP contribution in [-0.4, -0.2) is 42.3 Å². The number of nitrogens with one attached hydrogen (secondary N) is 1. The number of nitrogens with zero attached hydrogens (tertiary/aromatic N) is 1. The van der Waals surface area contributed by atoms with E-state index < -0.39 is 11.6 Å². The zero-order valence-electron chi connectivity index (χ0n) is 12.5. The molecule has 1 aromatic rings. The summed E-state index contributed by atoms with van der Waals surface area (Å²) in [6.45, 7) is 5.48. The molecule has 0 bridgehead atoms. The number of benzene rings is 1. The van der Waals surface area contributed by atoms with E-state index in [1.165, 1.54) is 18.2 Å². The van der Waals surface area contributed by atoms with Gasteiger partial charge in [0.15, 0.2) is 0 Å². The largest absolute Gasteiger partial charge is 0.392 e. The number of piperidine rings is 1. The molecular formula is C16H24F2N2O. The van der Waals surface area contributed by atoms with Crippen LogP contribution in [0.2, 0.25) is 0 Å². The lowest BCUT2D eigenvalue weighted by atomic mass is 9.96. The van der Waals surface area contributed by atoms with E-state index in [1.54, 1.807) is 6.92 Å². The summed E-state index contributed by atoms with van der Waals surface area (Å²) in [5.41, 5.74) is 0.115. The van der Waals surface area contributed by atoms with Crippen molar-refractivity contribution in [2.75, 3.05) is 26.2 Å². The van der Waals surface area contributed by atoms with Gasteiger partial charge in [-0.2, -0.15) is 0 Å². The molecule has 0 amide bonds. The smallest absolute Gasteiger partial charge is 0.130 e. The lowest BCUT2D eigenvalue weighted by molar-refractivity contribution is 0.0998. The maximum atomic E-state index is 13.5. The SMILES string of the molecule is CC(O)CN1CCC(CNCc2c(F)cccc2F)CC1. The van der Waals surface area contributed by atoms with E-state index in [-0.39, 0.29) is 18.2 Å². The maximum absolute atomic E-state index is 13.5. The van der Waals surface area contributed by atoms with Crippen molar-refractivity contribution in [1.82, 2.24) is 10.2 Å². The van der Waals surface area contributed by atoms with Gasteiger partial charge < -0.3 is 15.3 Å². The minimum atomic E-state index is -0.491. The molecule has 1 heterocycles. The molecule has 0 aromatic heterocycles. The van der Waals surface area contributed by atoms with Gasteiger partial charge in [-0.3, -0.25) is 0 Å². The number of halogens is 2. The zero-order chi connectivity index (χ0) is 15.2. The quantitative estimate of drug-likeness (QED) is 0.845. The number of hydrogen-bond donors (Lipinski definition) is 2. The number of β-amino-alcohol motifs (C(OH)–C–C–N with tert-alkyl or cyclic N) is 1. The summed E-state index contributed by atoms with van der Waals surface area (Å²) in [6, 6.07) is 3.95. The third-order valence-corrected chi connectivity index (χ3v) is 4.03. The van der Waals surface area contributed by atoms with E-state index in [1.807, 2.05) is 0 Å². The van der Waals surface area contributed by atoms with E-state index >= 15 is 0 Å². The van der Waals surface area contributed by atoms with Crippen LogP contribution in [0.4, 0.5) is 8.78 Å². The Morgan fingerprint density at radius 3 is 2.48 bits per heavy atom. The lowest BCUT2D eigenvalue weighted by Gasteiger charge is -2.32. The standard InChI is InChI=1S/C16H24F2N2O/c1-12(21)11-20-7-5-13(6-8-20)9-19-10-14-15(17)3-2-4-16(14)18/h2-4,12-13,19,21H,5-11H2,1H3. The van der Waals surface area contributed by atoms with Gasteiger partial charge in [0.05, 0.1) is 6.10 Å². The molecule has 1 aromatic carbocycles. The van der Waals surface area contributed by atoms with Crippen molar-refractivity contribution in [3.05, 3.63) is 35.4 Å². The second-order valence-electron chi connectivity index (χ2n) is 5.92. The second-order valence-corrected chi connectivity index (χ2v) is 5.92. The van der Waals surface area contributed by atoms with E-state index in [0.717, 1.165) is 39.0 Å². The van der Waals surface area contributed by atoms with Crippen LogP contribution in [-0.2, 0) is 6.54 Å². The summed E-state index contributed by atoms with van der Waals surface area (Å²) in [6.07, 6.45) is 1.82. The molecule has 2 rings (SSSR count). The molecule has 118 valence electrons. The molecule has 1 saturated heterocycles. The highest BCUT2D eigenvalue weighted by Gasteiger charge is 2.19. The Hall–Kier alpha value is -1.04. The number of aliphatic hydroxyl groups is 1. The van der Waals surface area contributed by atoms with E-state index in [9.17, 15) is 13.9 Å². The van der Waals surface area contributed by atoms with Gasteiger partial charge in [0.2, 0.25) is 0 Å². The van der Waals surface area contributed by atoms with Gasteiger partial charge in [0.25, 0.3) is 0 Å². The highest BCUT2D eigenvalue weighted by Crippen LogP contribution is 2.17. The predicted octanol–water partition coefficient (Wildman–Crippen LogP) is 2.15. The van der Waals surface area contributed by atoms with Crippen molar-refractivity contribution in [1.29, 1.82) is 0 Å². The summed E-state index contributed by atoms with van der Waals surface area (Å²) >= 11 is 0. The first kappa shape index (κ1) is 16.3. The van der Waals surface area contributed by atoms with Gasteiger partial charge in [0, 0.05) is 18.7 Å². The van der Waals surface area contributed by atoms with Gasteiger partial charge in [-0.1, -0.05) is 6.07 Å². The first-order valence-electron chi connectivity index (χ1n) is 7.60. The monoisotopic (exact) mass is 298 g/mol. The summed E-state index contributed by atoms with van der Waals surface area (Å²) in [5.74, 6) is -0.450. The Bertz CT molecular complexity index is 426. The average Bonchev–Trinajstić information content (AvgIpc) is 2.43. The highest BCUT2D eigenvalue weighted by molar-refractivity contribution is 5.19. The van der Waals surface area contributed by atoms with Gasteiger partial charge in [-0.05, 0) is 57.5 Å². The maximum Gasteiger partial charge on any atom is 0.130 e. The van der Waals surface area contributed by atoms with E-state index in [4.69, 9.17) is 0 Å². The zero-order valence-corrected chi connectivity index (χ0v) is 12.5. The van der Waals surface area contributed by atoms with E-state index in [2.05, 4.69) is 10.2 Å². The lowest BCUT2D eigenvalue weighted by Crippen LogP contribution is -2.40. The van der Waals surface area contributed by atoms with Crippen molar-refractivity contribution < 1.29 is 13.9 Å². The average molecular weight is 298 g/mol. The Labute approximate surface area is 125 Å². The fourth-order valence-electron chi connectivity index (χ4n) is 2.85. The van der Waals surface area contributed by atoms with Crippen molar-refractivity contribution in [3.8, 4) is 0 Å². The van der Waals surface area contributed by atoms with Crippen LogP contribution in [0, 0.1) is 17.6 Å². The molecule has 21 heavy (non-hydrogen) atoms. The van der Waals surface area contributed by atoms with Crippen LogP contribution < -0.4 is 5.32 Å². The summed E-state index contributed by atoms with van der Waals surface area (Å²) in [5, 5.41) is 12.5. The third-order valence-electron chi connectivity index (χ3n) is 4.03. The molecule has 0 saturated carbocycles. The van der Waals surface area contributed by atoms with Crippen LogP contribution >= 0.6 is 0 Å². The number of aliphatic hydroxyl groups excluding tert-OH is 1. The summed E-state index contributed by atoms with van der Waals surface area (Å²) < 4.78 is 27.0. The van der Waals surface area contributed by atoms with E-state index in [0.29, 0.717) is 5.92 Å². The second kappa shape index (κ2) is 7.82. The normalized spacial score (nSPS) is 18.9. The van der Waals surface area contributed by atoms with Gasteiger partial charge >= 0.3 is 0 Å². The fraction of sp³-hybridized carbons (Fsp3) is 0.625. The van der Waals surface area contributed by atoms with Crippen molar-refractivity contribution in [2.24, 2.45) is 5.92 Å². The Morgan fingerprint density at radius 2 is 1.90 bits per heavy atom. The molecule has 1 aliphatic heterocycles. The van der Waals surface area contributed by atoms with Crippen molar-refractivity contribution in [2.45, 2.75) is 32.4 Å². The van der Waals surface area contributed by atoms with Gasteiger partial charge in [-0.25, -0.2) is 8.78 Å². The topological polar surface area (TPSA) is 35.5 Å². The van der Waals surface area contributed by atoms with Crippen molar-refractivity contribution in [3.63, 3.8) is 0 Å². The number of rotatable bonds is 6. The fourth-order valence-corrected chi connectivity index (χ4v) is 2.85. The van der Waals surface area contributed by atoms with Crippen LogP contribution in [0.5, 0.6) is 0 Å². The highest BCUT2D eigenvalue weighted by atomic mass is 19.1. The Morgan fingerprint density at radius 1 is 1.29 bits per heavy atom. The molecule has 1 atom stereocenters. The van der Waals surface area contributed by atoms with Gasteiger partial charge in [-0.15, -0.1) is 0 Å². The molecule has 2 N–H and O–H groups in total. The Balaban J connectivity index is 1.71. The summed E-state index contributed by atoms with van der Waals surface area (Å²) in [4.78, 5) is 2.26. The Kier molecular flexibility index (Phi) is 6.08. The summed E-state index contributed by atoms with van der Waals surface area (Å²) in [7, 11) is 0. The minimum absolute atomic E-state index is 0.115. The molecule has 0 spiro atoms. The number of likely N-dealkylation sites (tertiary alicyclic amines) is 1. The third kappa shape index (κ3) is 5.02. The molecule has 1 aliphatic rings. The van der Waals surface area contributed by atoms with Crippen LogP contribution in [0.1, 0.15) is 25.3 Å². The van der Waals surface area contributed by atoms with Gasteiger partial charge in [0.1, 0.15) is 11.6 Å². The van der Waals surface area contributed by atoms with Crippen LogP contribution in [0.25, 0.3) is 0 Å². The first-order chi connectivity index (χ1) is 10.1. The molecule has 3 nitrogen and oxygen atoms in total. The van der Waals surface area contributed by atoms with Crippen LogP contribution in [0.3, 0.4) is 0 Å². The van der Waals surface area contributed by atoms with Crippen LogP contribution in [0.15, 0.2) is 18.2 Å². The number of hydrogen-bond acceptors (Lipinski definition) is 3. The molecule has 1 unspecified atom stereocenters. The molecule has 0 radical (unpaired) electrons. The molecular weight excluding hydrogens is 274 g/mol. The van der Waals surface area contributed by atoms with Crippen molar-refractivity contribution >= 4 is 0 Å². The molecule has 1 fully saturated rings.